The molecule has 176 valence electrons. The molecule has 3 aliphatic rings. The lowest BCUT2D eigenvalue weighted by Crippen LogP contribution is -2.37. The van der Waals surface area contributed by atoms with Crippen LogP contribution in [0.2, 0.25) is 0 Å². The Kier molecular flexibility index (Phi) is 5.68. The third-order valence-corrected chi connectivity index (χ3v) is 8.21. The van der Waals surface area contributed by atoms with Crippen LogP contribution in [0.1, 0.15) is 55.6 Å². The molecule has 0 fully saturated rings. The molecule has 0 bridgehead atoms. The van der Waals surface area contributed by atoms with Gasteiger partial charge in [-0.3, -0.25) is 9.59 Å². The molecule has 5 rings (SSSR count). The molecule has 2 aliphatic carbocycles. The highest BCUT2D eigenvalue weighted by atomic mass is 32.2. The van der Waals surface area contributed by atoms with Gasteiger partial charge in [-0.05, 0) is 62.4 Å². The smallest absolute Gasteiger partial charge is 0.339 e. The van der Waals surface area contributed by atoms with Gasteiger partial charge in [-0.25, -0.2) is 0 Å². The highest BCUT2D eigenvalue weighted by Gasteiger charge is 2.42. The summed E-state index contributed by atoms with van der Waals surface area (Å²) in [6.45, 7) is 1.88. The summed E-state index contributed by atoms with van der Waals surface area (Å²) >= 11 is 0. The molecule has 2 aromatic rings. The zero-order chi connectivity index (χ0) is 24.0. The Labute approximate surface area is 200 Å². The number of hydrogen-bond acceptors (Lipinski definition) is 6. The van der Waals surface area contributed by atoms with Crippen molar-refractivity contribution in [1.82, 2.24) is 4.90 Å². The molecule has 34 heavy (non-hydrogen) atoms. The summed E-state index contributed by atoms with van der Waals surface area (Å²) in [7, 11) is -2.07. The van der Waals surface area contributed by atoms with Gasteiger partial charge in [0.25, 0.3) is 0 Å². The van der Waals surface area contributed by atoms with Crippen molar-refractivity contribution >= 4 is 21.7 Å². The molecular formula is C27H27NO5S. The van der Waals surface area contributed by atoms with Crippen LogP contribution in [0.4, 0.5) is 0 Å². The van der Waals surface area contributed by atoms with E-state index in [9.17, 15) is 18.0 Å². The van der Waals surface area contributed by atoms with Gasteiger partial charge < -0.3 is 9.08 Å². The number of hydrogen-bond donors (Lipinski definition) is 0. The van der Waals surface area contributed by atoms with Crippen LogP contribution < -0.4 is 4.18 Å². The van der Waals surface area contributed by atoms with E-state index in [1.165, 1.54) is 12.1 Å². The van der Waals surface area contributed by atoms with E-state index in [0.29, 0.717) is 29.6 Å². The number of carbonyl (C=O) groups excluding carboxylic acids is 2. The molecule has 2 aromatic carbocycles. The van der Waals surface area contributed by atoms with Gasteiger partial charge in [0.1, 0.15) is 10.6 Å². The first-order valence-electron chi connectivity index (χ1n) is 11.6. The predicted molar refractivity (Wildman–Crippen MR) is 128 cm³/mol. The van der Waals surface area contributed by atoms with Crippen molar-refractivity contribution in [2.45, 2.75) is 56.3 Å². The van der Waals surface area contributed by atoms with Gasteiger partial charge in [-0.2, -0.15) is 8.42 Å². The summed E-state index contributed by atoms with van der Waals surface area (Å²) < 4.78 is 31.2. The van der Waals surface area contributed by atoms with E-state index in [-0.39, 0.29) is 22.2 Å². The molecule has 0 unspecified atom stereocenters. The predicted octanol–water partition coefficient (Wildman–Crippen LogP) is 4.81. The minimum atomic E-state index is -4.02. The molecule has 1 heterocycles. The van der Waals surface area contributed by atoms with Crippen LogP contribution in [-0.4, -0.2) is 31.9 Å². The van der Waals surface area contributed by atoms with Crippen LogP contribution in [0, 0.1) is 6.92 Å². The number of nitrogens with zero attached hydrogens (tertiary/aromatic N) is 1. The maximum Gasteiger partial charge on any atom is 0.339 e. The fourth-order valence-corrected chi connectivity index (χ4v) is 6.23. The molecule has 0 saturated carbocycles. The molecule has 0 saturated heterocycles. The number of rotatable bonds is 4. The summed E-state index contributed by atoms with van der Waals surface area (Å²) in [6.07, 6.45) is 4.08. The van der Waals surface area contributed by atoms with E-state index < -0.39 is 16.0 Å². The second-order valence-corrected chi connectivity index (χ2v) is 10.7. The van der Waals surface area contributed by atoms with Gasteiger partial charge >= 0.3 is 10.1 Å². The monoisotopic (exact) mass is 477 g/mol. The van der Waals surface area contributed by atoms with E-state index >= 15 is 0 Å². The Balaban J connectivity index is 1.58. The van der Waals surface area contributed by atoms with Crippen molar-refractivity contribution in [2.75, 3.05) is 7.05 Å². The van der Waals surface area contributed by atoms with Crippen molar-refractivity contribution in [2.24, 2.45) is 0 Å². The van der Waals surface area contributed by atoms with Crippen LogP contribution in [0.5, 0.6) is 5.75 Å². The summed E-state index contributed by atoms with van der Waals surface area (Å²) in [5, 5.41) is 0. The molecule has 0 radical (unpaired) electrons. The maximum atomic E-state index is 13.1. The van der Waals surface area contributed by atoms with E-state index in [1.54, 1.807) is 30.3 Å². The second kappa shape index (κ2) is 8.55. The fraction of sp³-hybridized carbons (Fsp3) is 0.333. The van der Waals surface area contributed by atoms with Crippen molar-refractivity contribution < 1.29 is 22.2 Å². The Morgan fingerprint density at radius 3 is 2.03 bits per heavy atom. The van der Waals surface area contributed by atoms with E-state index in [0.717, 1.165) is 42.6 Å². The van der Waals surface area contributed by atoms with Crippen LogP contribution in [0.15, 0.2) is 76.0 Å². The van der Waals surface area contributed by atoms with Gasteiger partial charge in [0.2, 0.25) is 0 Å². The van der Waals surface area contributed by atoms with Crippen molar-refractivity contribution in [3.05, 3.63) is 82.2 Å². The van der Waals surface area contributed by atoms with Gasteiger partial charge in [-0.15, -0.1) is 0 Å². The number of ketones is 2. The van der Waals surface area contributed by atoms with Crippen molar-refractivity contribution in [3.63, 3.8) is 0 Å². The summed E-state index contributed by atoms with van der Waals surface area (Å²) in [6, 6.07) is 13.3. The zero-order valence-corrected chi connectivity index (χ0v) is 20.2. The van der Waals surface area contributed by atoms with E-state index in [2.05, 4.69) is 4.90 Å². The van der Waals surface area contributed by atoms with Crippen LogP contribution in [-0.2, 0) is 19.7 Å². The second-order valence-electron chi connectivity index (χ2n) is 9.19. The molecule has 0 N–H and O–H groups in total. The zero-order valence-electron chi connectivity index (χ0n) is 19.3. The first-order chi connectivity index (χ1) is 16.3. The van der Waals surface area contributed by atoms with Gasteiger partial charge in [0.15, 0.2) is 11.6 Å². The molecule has 1 aliphatic heterocycles. The topological polar surface area (TPSA) is 80.8 Å². The average Bonchev–Trinajstić information content (AvgIpc) is 2.80. The Bertz CT molecular complexity index is 1310. The lowest BCUT2D eigenvalue weighted by Gasteiger charge is -2.42. The maximum absolute atomic E-state index is 13.1. The highest BCUT2D eigenvalue weighted by Crippen LogP contribution is 2.48. The van der Waals surface area contributed by atoms with Crippen molar-refractivity contribution in [3.8, 4) is 5.75 Å². The normalized spacial score (nSPS) is 19.3. The molecule has 6 nitrogen and oxygen atoms in total. The third-order valence-electron chi connectivity index (χ3n) is 6.95. The minimum Gasteiger partial charge on any atom is -0.379 e. The van der Waals surface area contributed by atoms with Gasteiger partial charge in [-0.1, -0.05) is 29.8 Å². The van der Waals surface area contributed by atoms with Crippen LogP contribution in [0.25, 0.3) is 0 Å². The SMILES string of the molecule is Cc1ccc(S(=O)(=O)Oc2cccc(C3C4=C(CCCC4=O)N(C)C4=C3C(=O)CCC4)c2)cc1. The van der Waals surface area contributed by atoms with Crippen LogP contribution >= 0.6 is 0 Å². The lowest BCUT2D eigenvalue weighted by molar-refractivity contribution is -0.117. The molecule has 7 heteroatoms. The fourth-order valence-electron chi connectivity index (χ4n) is 5.31. The summed E-state index contributed by atoms with van der Waals surface area (Å²) in [5.74, 6) is -0.219. The number of allylic oxidation sites excluding steroid dienone is 4. The largest absolute Gasteiger partial charge is 0.379 e. The third kappa shape index (κ3) is 3.88. The van der Waals surface area contributed by atoms with Gasteiger partial charge in [0, 0.05) is 48.3 Å². The Hall–Kier alpha value is -3.19. The number of benzene rings is 2. The number of Topliss-reactive ketones (excluding diaryl/α,β-unsaturated/α-hetero) is 2. The first kappa shape index (κ1) is 22.6. The molecule has 0 amide bonds. The quantitative estimate of drug-likeness (QED) is 0.588. The Morgan fingerprint density at radius 1 is 0.853 bits per heavy atom. The standard InChI is InChI=1S/C27H27NO5S/c1-17-12-14-20(15-13-17)34(31,32)33-19-7-3-6-18(16-19)25-26-21(8-4-10-23(26)29)28(2)22-9-5-11-24(30)27(22)25/h3,6-7,12-16,25H,4-5,8-11H2,1-2H3. The molecule has 0 spiro atoms. The summed E-state index contributed by atoms with van der Waals surface area (Å²) in [5.41, 5.74) is 4.95. The molecule has 0 atom stereocenters. The summed E-state index contributed by atoms with van der Waals surface area (Å²) in [4.78, 5) is 28.4. The van der Waals surface area contributed by atoms with Crippen molar-refractivity contribution in [1.29, 1.82) is 0 Å². The van der Waals surface area contributed by atoms with E-state index in [4.69, 9.17) is 4.18 Å². The van der Waals surface area contributed by atoms with Gasteiger partial charge in [0.05, 0.1) is 0 Å². The highest BCUT2D eigenvalue weighted by molar-refractivity contribution is 7.87. The Morgan fingerprint density at radius 2 is 1.44 bits per heavy atom. The molecule has 0 aromatic heterocycles. The number of aryl methyl sites for hydroxylation is 1. The molecular weight excluding hydrogens is 450 g/mol. The van der Waals surface area contributed by atoms with E-state index in [1.807, 2.05) is 20.0 Å². The lowest BCUT2D eigenvalue weighted by atomic mass is 9.71. The first-order valence-corrected chi connectivity index (χ1v) is 13.0. The number of carbonyl (C=O) groups is 2. The van der Waals surface area contributed by atoms with Crippen LogP contribution in [0.3, 0.4) is 0 Å². The minimum absolute atomic E-state index is 0.0571. The average molecular weight is 478 g/mol.